The fourth-order valence-corrected chi connectivity index (χ4v) is 4.21. The standard InChI is InChI=1S/C20H17FN2O4S2/c1-12-9-17(23-19(24)13-5-3-6-14(21)10-13)28-18(12)20(25)22-15-7-4-8-16(11-15)29(2,26)27/h3-11H,1-2H3,(H,22,25)(H,23,24). The Morgan fingerprint density at radius 3 is 2.38 bits per heavy atom. The van der Waals surface area contributed by atoms with Crippen LogP contribution in [0.25, 0.3) is 0 Å². The Morgan fingerprint density at radius 1 is 0.966 bits per heavy atom. The van der Waals surface area contributed by atoms with Gasteiger partial charge in [0.1, 0.15) is 5.82 Å². The minimum Gasteiger partial charge on any atom is -0.321 e. The van der Waals surface area contributed by atoms with Gasteiger partial charge in [-0.05, 0) is 55.0 Å². The fraction of sp³-hybridized carbons (Fsp3) is 0.100. The molecule has 0 aliphatic heterocycles. The number of amides is 2. The Morgan fingerprint density at radius 2 is 1.69 bits per heavy atom. The van der Waals surface area contributed by atoms with Crippen molar-refractivity contribution in [2.75, 3.05) is 16.9 Å². The molecule has 0 bridgehead atoms. The maximum absolute atomic E-state index is 13.3. The molecule has 1 aromatic heterocycles. The van der Waals surface area contributed by atoms with Gasteiger partial charge in [0.15, 0.2) is 9.84 Å². The van der Waals surface area contributed by atoms with Gasteiger partial charge in [0.2, 0.25) is 0 Å². The van der Waals surface area contributed by atoms with Crippen LogP contribution in [0.4, 0.5) is 15.1 Å². The highest BCUT2D eigenvalue weighted by Crippen LogP contribution is 2.28. The van der Waals surface area contributed by atoms with Gasteiger partial charge in [-0.25, -0.2) is 12.8 Å². The molecule has 0 aliphatic carbocycles. The number of nitrogens with one attached hydrogen (secondary N) is 2. The number of hydrogen-bond acceptors (Lipinski definition) is 5. The Kier molecular flexibility index (Phi) is 5.81. The molecule has 150 valence electrons. The molecule has 2 amide bonds. The largest absolute Gasteiger partial charge is 0.321 e. The summed E-state index contributed by atoms with van der Waals surface area (Å²) in [5, 5.41) is 5.75. The molecule has 0 radical (unpaired) electrons. The second-order valence-corrected chi connectivity index (χ2v) is 9.41. The number of sulfone groups is 1. The molecule has 0 aliphatic rings. The first-order valence-corrected chi connectivity index (χ1v) is 11.1. The van der Waals surface area contributed by atoms with Crippen LogP contribution >= 0.6 is 11.3 Å². The van der Waals surface area contributed by atoms with Crippen LogP contribution in [-0.4, -0.2) is 26.5 Å². The van der Waals surface area contributed by atoms with Crippen LogP contribution in [0.3, 0.4) is 0 Å². The molecule has 3 rings (SSSR count). The van der Waals surface area contributed by atoms with E-state index in [9.17, 15) is 22.4 Å². The molecule has 1 heterocycles. The number of anilines is 2. The Bertz CT molecular complexity index is 1200. The highest BCUT2D eigenvalue weighted by Gasteiger charge is 2.17. The summed E-state index contributed by atoms with van der Waals surface area (Å²) in [6.45, 7) is 1.72. The lowest BCUT2D eigenvalue weighted by atomic mass is 10.2. The van der Waals surface area contributed by atoms with E-state index in [0.717, 1.165) is 23.7 Å². The summed E-state index contributed by atoms with van der Waals surface area (Å²) in [7, 11) is -3.40. The summed E-state index contributed by atoms with van der Waals surface area (Å²) in [5.74, 6) is -1.43. The summed E-state index contributed by atoms with van der Waals surface area (Å²) in [6.07, 6.45) is 1.09. The molecular formula is C20H17FN2O4S2. The number of hydrogen-bond donors (Lipinski definition) is 2. The monoisotopic (exact) mass is 432 g/mol. The quantitative estimate of drug-likeness (QED) is 0.635. The van der Waals surface area contributed by atoms with Gasteiger partial charge in [-0.2, -0.15) is 0 Å². The lowest BCUT2D eigenvalue weighted by molar-refractivity contribution is 0.101. The van der Waals surface area contributed by atoms with Gasteiger partial charge in [0.05, 0.1) is 14.8 Å². The van der Waals surface area contributed by atoms with E-state index in [4.69, 9.17) is 0 Å². The Balaban J connectivity index is 1.76. The van der Waals surface area contributed by atoms with Crippen LogP contribution in [-0.2, 0) is 9.84 Å². The van der Waals surface area contributed by atoms with Crippen molar-refractivity contribution in [3.63, 3.8) is 0 Å². The molecule has 3 aromatic rings. The predicted molar refractivity (Wildman–Crippen MR) is 111 cm³/mol. The zero-order chi connectivity index (χ0) is 21.2. The van der Waals surface area contributed by atoms with Crippen molar-refractivity contribution in [2.45, 2.75) is 11.8 Å². The van der Waals surface area contributed by atoms with Gasteiger partial charge in [-0.1, -0.05) is 12.1 Å². The van der Waals surface area contributed by atoms with Crippen LogP contribution in [0, 0.1) is 12.7 Å². The molecule has 0 atom stereocenters. The first-order chi connectivity index (χ1) is 13.6. The molecule has 2 N–H and O–H groups in total. The van der Waals surface area contributed by atoms with E-state index in [1.54, 1.807) is 19.1 Å². The van der Waals surface area contributed by atoms with E-state index in [1.807, 2.05) is 0 Å². The summed E-state index contributed by atoms with van der Waals surface area (Å²) in [5.41, 5.74) is 1.15. The number of benzene rings is 2. The van der Waals surface area contributed by atoms with Gasteiger partial charge >= 0.3 is 0 Å². The van der Waals surface area contributed by atoms with Crippen LogP contribution in [0.1, 0.15) is 25.6 Å². The van der Waals surface area contributed by atoms with Crippen molar-refractivity contribution in [1.82, 2.24) is 0 Å². The van der Waals surface area contributed by atoms with E-state index in [-0.39, 0.29) is 10.5 Å². The molecule has 9 heteroatoms. The van der Waals surface area contributed by atoms with Gasteiger partial charge in [0, 0.05) is 17.5 Å². The third kappa shape index (κ3) is 5.07. The minimum atomic E-state index is -3.40. The average molecular weight is 432 g/mol. The lowest BCUT2D eigenvalue weighted by Crippen LogP contribution is -2.12. The Hall–Kier alpha value is -3.04. The number of carbonyl (C=O) groups is 2. The molecule has 0 fully saturated rings. The number of halogens is 1. The molecule has 0 saturated carbocycles. The minimum absolute atomic E-state index is 0.0984. The average Bonchev–Trinajstić information content (AvgIpc) is 3.01. The first kappa shape index (κ1) is 20.7. The molecule has 29 heavy (non-hydrogen) atoms. The van der Waals surface area contributed by atoms with E-state index >= 15 is 0 Å². The van der Waals surface area contributed by atoms with E-state index in [1.165, 1.54) is 36.4 Å². The molecular weight excluding hydrogens is 415 g/mol. The molecule has 0 unspecified atom stereocenters. The lowest BCUT2D eigenvalue weighted by Gasteiger charge is -2.06. The molecule has 2 aromatic carbocycles. The predicted octanol–water partition coefficient (Wildman–Crippen LogP) is 4.10. The SMILES string of the molecule is Cc1cc(NC(=O)c2cccc(F)c2)sc1C(=O)Nc1cccc(S(C)(=O)=O)c1. The third-order valence-corrected chi connectivity index (χ3v) is 6.23. The zero-order valence-corrected chi connectivity index (χ0v) is 17.2. The Labute approximate surface area is 171 Å². The van der Waals surface area contributed by atoms with Crippen LogP contribution in [0.15, 0.2) is 59.5 Å². The van der Waals surface area contributed by atoms with Crippen molar-refractivity contribution in [2.24, 2.45) is 0 Å². The van der Waals surface area contributed by atoms with Crippen molar-refractivity contribution < 1.29 is 22.4 Å². The second kappa shape index (κ2) is 8.14. The first-order valence-electron chi connectivity index (χ1n) is 8.42. The topological polar surface area (TPSA) is 92.3 Å². The molecule has 0 saturated heterocycles. The maximum Gasteiger partial charge on any atom is 0.266 e. The van der Waals surface area contributed by atoms with Crippen molar-refractivity contribution >= 4 is 43.7 Å². The highest BCUT2D eigenvalue weighted by atomic mass is 32.2. The fourth-order valence-electron chi connectivity index (χ4n) is 2.58. The number of thiophene rings is 1. The summed E-state index contributed by atoms with van der Waals surface area (Å²) in [6, 6.07) is 12.9. The second-order valence-electron chi connectivity index (χ2n) is 6.34. The van der Waals surface area contributed by atoms with Crippen LogP contribution in [0.5, 0.6) is 0 Å². The number of carbonyl (C=O) groups excluding carboxylic acids is 2. The third-order valence-electron chi connectivity index (χ3n) is 3.97. The summed E-state index contributed by atoms with van der Waals surface area (Å²) in [4.78, 5) is 25.3. The highest BCUT2D eigenvalue weighted by molar-refractivity contribution is 7.90. The molecule has 0 spiro atoms. The van der Waals surface area contributed by atoms with Gasteiger partial charge < -0.3 is 10.6 Å². The zero-order valence-electron chi connectivity index (χ0n) is 15.5. The van der Waals surface area contributed by atoms with Gasteiger partial charge in [-0.15, -0.1) is 11.3 Å². The van der Waals surface area contributed by atoms with Crippen molar-refractivity contribution in [3.8, 4) is 0 Å². The van der Waals surface area contributed by atoms with Crippen molar-refractivity contribution in [3.05, 3.63) is 76.4 Å². The number of rotatable bonds is 5. The van der Waals surface area contributed by atoms with E-state index in [2.05, 4.69) is 10.6 Å². The summed E-state index contributed by atoms with van der Waals surface area (Å²) < 4.78 is 36.6. The van der Waals surface area contributed by atoms with E-state index in [0.29, 0.717) is 21.1 Å². The van der Waals surface area contributed by atoms with Gasteiger partial charge in [0.25, 0.3) is 11.8 Å². The smallest absolute Gasteiger partial charge is 0.266 e. The molecule has 6 nitrogen and oxygen atoms in total. The summed E-state index contributed by atoms with van der Waals surface area (Å²) >= 11 is 1.07. The van der Waals surface area contributed by atoms with Crippen molar-refractivity contribution in [1.29, 1.82) is 0 Å². The number of aryl methyl sites for hydroxylation is 1. The van der Waals surface area contributed by atoms with Crippen LogP contribution in [0.2, 0.25) is 0 Å². The normalized spacial score (nSPS) is 11.1. The van der Waals surface area contributed by atoms with E-state index < -0.39 is 27.5 Å². The van der Waals surface area contributed by atoms with Gasteiger partial charge in [-0.3, -0.25) is 9.59 Å². The maximum atomic E-state index is 13.3. The van der Waals surface area contributed by atoms with Crippen LogP contribution < -0.4 is 10.6 Å².